The molecule has 0 aliphatic heterocycles. The molecule has 5 nitrogen and oxygen atoms in total. The fourth-order valence-corrected chi connectivity index (χ4v) is 2.39. The van der Waals surface area contributed by atoms with Crippen LogP contribution < -0.4 is 5.32 Å². The Morgan fingerprint density at radius 3 is 2.45 bits per heavy atom. The number of aromatic hydroxyl groups is 1. The molecule has 1 unspecified atom stereocenters. The van der Waals surface area contributed by atoms with Crippen molar-refractivity contribution < 1.29 is 19.4 Å². The summed E-state index contributed by atoms with van der Waals surface area (Å²) in [6, 6.07) is 8.24. The first-order valence-electron chi connectivity index (χ1n) is 7.12. The smallest absolute Gasteiger partial charge is 0.224 e. The number of carbonyl (C=O) groups excluding carboxylic acids is 1. The second-order valence-electron chi connectivity index (χ2n) is 5.72. The summed E-state index contributed by atoms with van der Waals surface area (Å²) < 4.78 is 5.42. The number of furan rings is 1. The van der Waals surface area contributed by atoms with Crippen LogP contribution in [-0.2, 0) is 16.8 Å². The van der Waals surface area contributed by atoms with Gasteiger partial charge in [-0.05, 0) is 44.5 Å². The van der Waals surface area contributed by atoms with Gasteiger partial charge in [0.1, 0.15) is 22.9 Å². The molecule has 22 heavy (non-hydrogen) atoms. The highest BCUT2D eigenvalue weighted by atomic mass is 16.3. The topological polar surface area (TPSA) is 82.7 Å². The average Bonchev–Trinajstić information content (AvgIpc) is 2.79. The third-order valence-electron chi connectivity index (χ3n) is 3.55. The van der Waals surface area contributed by atoms with E-state index in [1.54, 1.807) is 32.0 Å². The van der Waals surface area contributed by atoms with Gasteiger partial charge in [-0.15, -0.1) is 0 Å². The van der Waals surface area contributed by atoms with E-state index in [9.17, 15) is 15.0 Å². The molecule has 1 aromatic carbocycles. The molecule has 3 N–H and O–H groups in total. The second kappa shape index (κ2) is 6.23. The summed E-state index contributed by atoms with van der Waals surface area (Å²) in [7, 11) is 0. The summed E-state index contributed by atoms with van der Waals surface area (Å²) >= 11 is 0. The third kappa shape index (κ3) is 3.89. The highest BCUT2D eigenvalue weighted by molar-refractivity contribution is 5.78. The minimum absolute atomic E-state index is 0.101. The first-order valence-corrected chi connectivity index (χ1v) is 7.12. The number of phenolic OH excluding ortho intramolecular Hbond substituents is 1. The number of phenols is 1. The monoisotopic (exact) mass is 303 g/mol. The van der Waals surface area contributed by atoms with Crippen LogP contribution in [0.1, 0.15) is 29.6 Å². The van der Waals surface area contributed by atoms with Crippen molar-refractivity contribution in [3.05, 3.63) is 53.0 Å². The molecule has 118 valence electrons. The van der Waals surface area contributed by atoms with Crippen molar-refractivity contribution in [1.82, 2.24) is 5.32 Å². The first-order chi connectivity index (χ1) is 10.3. The SMILES string of the molecule is Cc1cc(C(C)(O)CNC(=O)Cc2ccc(O)cc2)c(C)o1. The quantitative estimate of drug-likeness (QED) is 0.790. The van der Waals surface area contributed by atoms with Crippen molar-refractivity contribution in [3.8, 4) is 5.75 Å². The zero-order valence-corrected chi connectivity index (χ0v) is 13.0. The number of nitrogens with one attached hydrogen (secondary N) is 1. The van der Waals surface area contributed by atoms with Gasteiger partial charge in [-0.3, -0.25) is 4.79 Å². The summed E-state index contributed by atoms with van der Waals surface area (Å²) in [6.45, 7) is 5.35. The van der Waals surface area contributed by atoms with Crippen LogP contribution >= 0.6 is 0 Å². The normalized spacial score (nSPS) is 13.6. The highest BCUT2D eigenvalue weighted by Crippen LogP contribution is 2.26. The van der Waals surface area contributed by atoms with Gasteiger partial charge in [0.25, 0.3) is 0 Å². The molecule has 2 aromatic rings. The molecular weight excluding hydrogens is 282 g/mol. The summed E-state index contributed by atoms with van der Waals surface area (Å²) in [5.41, 5.74) is 0.284. The van der Waals surface area contributed by atoms with Gasteiger partial charge in [0.2, 0.25) is 5.91 Å². The summed E-state index contributed by atoms with van der Waals surface area (Å²) in [4.78, 5) is 12.0. The molecule has 0 radical (unpaired) electrons. The van der Waals surface area contributed by atoms with E-state index in [0.717, 1.165) is 11.3 Å². The Bertz CT molecular complexity index is 656. The maximum atomic E-state index is 12.0. The minimum Gasteiger partial charge on any atom is -0.508 e. The summed E-state index contributed by atoms with van der Waals surface area (Å²) in [6.07, 6.45) is 0.194. The van der Waals surface area contributed by atoms with Crippen LogP contribution in [0.25, 0.3) is 0 Å². The zero-order valence-electron chi connectivity index (χ0n) is 13.0. The molecule has 1 atom stereocenters. The number of benzene rings is 1. The lowest BCUT2D eigenvalue weighted by Gasteiger charge is -2.23. The van der Waals surface area contributed by atoms with Crippen molar-refractivity contribution in [2.24, 2.45) is 0 Å². The fourth-order valence-electron chi connectivity index (χ4n) is 2.39. The van der Waals surface area contributed by atoms with Crippen LogP contribution in [0.4, 0.5) is 0 Å². The standard InChI is InChI=1S/C17H21NO4/c1-11-8-15(12(2)22-11)17(3,21)10-18-16(20)9-13-4-6-14(19)7-5-13/h4-8,19,21H,9-10H2,1-3H3,(H,18,20). The van der Waals surface area contributed by atoms with Crippen LogP contribution in [0.15, 0.2) is 34.7 Å². The van der Waals surface area contributed by atoms with Crippen LogP contribution in [0.2, 0.25) is 0 Å². The second-order valence-corrected chi connectivity index (χ2v) is 5.72. The predicted molar refractivity (Wildman–Crippen MR) is 82.6 cm³/mol. The van der Waals surface area contributed by atoms with Crippen molar-refractivity contribution in [3.63, 3.8) is 0 Å². The van der Waals surface area contributed by atoms with Crippen LogP contribution in [0.3, 0.4) is 0 Å². The number of hydrogen-bond acceptors (Lipinski definition) is 4. The lowest BCUT2D eigenvalue weighted by molar-refractivity contribution is -0.121. The van der Waals surface area contributed by atoms with E-state index < -0.39 is 5.60 Å². The number of carbonyl (C=O) groups is 1. The Hall–Kier alpha value is -2.27. The molecule has 0 aliphatic rings. The van der Waals surface area contributed by atoms with Crippen molar-refractivity contribution in [2.45, 2.75) is 32.8 Å². The third-order valence-corrected chi connectivity index (χ3v) is 3.55. The number of hydrogen-bond donors (Lipinski definition) is 3. The van der Waals surface area contributed by atoms with E-state index in [2.05, 4.69) is 5.32 Å². The van der Waals surface area contributed by atoms with E-state index in [-0.39, 0.29) is 24.6 Å². The van der Waals surface area contributed by atoms with Gasteiger partial charge < -0.3 is 19.9 Å². The molecule has 0 bridgehead atoms. The predicted octanol–water partition coefficient (Wildman–Crippen LogP) is 2.17. The summed E-state index contributed by atoms with van der Waals surface area (Å²) in [5, 5.41) is 22.5. The van der Waals surface area contributed by atoms with E-state index in [4.69, 9.17) is 4.42 Å². The Labute approximate surface area is 129 Å². The lowest BCUT2D eigenvalue weighted by atomic mass is 9.96. The highest BCUT2D eigenvalue weighted by Gasteiger charge is 2.28. The molecule has 0 fully saturated rings. The maximum absolute atomic E-state index is 12.0. The number of rotatable bonds is 5. The van der Waals surface area contributed by atoms with E-state index in [1.165, 1.54) is 12.1 Å². The molecule has 0 saturated heterocycles. The lowest BCUT2D eigenvalue weighted by Crippen LogP contribution is -2.39. The van der Waals surface area contributed by atoms with E-state index in [0.29, 0.717) is 11.3 Å². The van der Waals surface area contributed by atoms with Crippen LogP contribution in [-0.4, -0.2) is 22.7 Å². The Kier molecular flexibility index (Phi) is 4.56. The van der Waals surface area contributed by atoms with Gasteiger partial charge in [0, 0.05) is 5.56 Å². The molecule has 5 heteroatoms. The Morgan fingerprint density at radius 1 is 1.27 bits per heavy atom. The van der Waals surface area contributed by atoms with Crippen LogP contribution in [0, 0.1) is 13.8 Å². The zero-order chi connectivity index (χ0) is 16.3. The summed E-state index contributed by atoms with van der Waals surface area (Å²) in [5.74, 6) is 1.35. The van der Waals surface area contributed by atoms with Crippen LogP contribution in [0.5, 0.6) is 5.75 Å². The van der Waals surface area contributed by atoms with Gasteiger partial charge in [0.15, 0.2) is 0 Å². The fraction of sp³-hybridized carbons (Fsp3) is 0.353. The largest absolute Gasteiger partial charge is 0.508 e. The molecule has 1 heterocycles. The Morgan fingerprint density at radius 2 is 1.91 bits per heavy atom. The molecule has 0 saturated carbocycles. The molecular formula is C17H21NO4. The maximum Gasteiger partial charge on any atom is 0.224 e. The van der Waals surface area contributed by atoms with Crippen molar-refractivity contribution in [1.29, 1.82) is 0 Å². The molecule has 1 aromatic heterocycles. The van der Waals surface area contributed by atoms with Gasteiger partial charge in [-0.2, -0.15) is 0 Å². The van der Waals surface area contributed by atoms with E-state index >= 15 is 0 Å². The number of aryl methyl sites for hydroxylation is 2. The molecule has 0 spiro atoms. The average molecular weight is 303 g/mol. The molecule has 0 aliphatic carbocycles. The number of aliphatic hydroxyl groups is 1. The van der Waals surface area contributed by atoms with Crippen molar-refractivity contribution >= 4 is 5.91 Å². The number of amides is 1. The minimum atomic E-state index is -1.19. The first kappa shape index (κ1) is 16.1. The molecule has 2 rings (SSSR count). The molecule has 1 amide bonds. The Balaban J connectivity index is 1.95. The van der Waals surface area contributed by atoms with Crippen molar-refractivity contribution in [2.75, 3.05) is 6.54 Å². The van der Waals surface area contributed by atoms with Gasteiger partial charge >= 0.3 is 0 Å². The van der Waals surface area contributed by atoms with Gasteiger partial charge in [-0.1, -0.05) is 12.1 Å². The van der Waals surface area contributed by atoms with Gasteiger partial charge in [0.05, 0.1) is 13.0 Å². The van der Waals surface area contributed by atoms with E-state index in [1.807, 2.05) is 6.92 Å². The van der Waals surface area contributed by atoms with Gasteiger partial charge in [-0.25, -0.2) is 0 Å².